The molecule has 0 saturated carbocycles. The summed E-state index contributed by atoms with van der Waals surface area (Å²) in [6, 6.07) is 9.93. The van der Waals surface area contributed by atoms with Crippen molar-refractivity contribution >= 4 is 15.9 Å². The summed E-state index contributed by atoms with van der Waals surface area (Å²) < 4.78 is 2.94. The molecular formula is C17H17BrN2O. The molecule has 0 aliphatic heterocycles. The number of rotatable bonds is 1. The molecule has 0 fully saturated rings. The average Bonchev–Trinajstić information content (AvgIpc) is 2.81. The van der Waals surface area contributed by atoms with Crippen molar-refractivity contribution in [2.24, 2.45) is 5.41 Å². The molecule has 1 heterocycles. The molecule has 0 spiro atoms. The zero-order chi connectivity index (χ0) is 15.2. The van der Waals surface area contributed by atoms with Crippen LogP contribution in [0.4, 0.5) is 0 Å². The monoisotopic (exact) mass is 344 g/mol. The number of aliphatic hydroxyl groups is 1. The van der Waals surface area contributed by atoms with Crippen molar-refractivity contribution in [3.63, 3.8) is 0 Å². The molecule has 0 saturated heterocycles. The predicted octanol–water partition coefficient (Wildman–Crippen LogP) is 4.12. The summed E-state index contributed by atoms with van der Waals surface area (Å²) >= 11 is 3.40. The van der Waals surface area contributed by atoms with Gasteiger partial charge in [-0.15, -0.1) is 0 Å². The van der Waals surface area contributed by atoms with E-state index in [1.807, 2.05) is 35.0 Å². The summed E-state index contributed by atoms with van der Waals surface area (Å²) in [5.41, 5.74) is 3.65. The van der Waals surface area contributed by atoms with Crippen LogP contribution in [0.1, 0.15) is 43.2 Å². The van der Waals surface area contributed by atoms with Crippen LogP contribution >= 0.6 is 15.9 Å². The van der Waals surface area contributed by atoms with Gasteiger partial charge in [0.15, 0.2) is 0 Å². The third kappa shape index (κ3) is 2.52. The van der Waals surface area contributed by atoms with E-state index in [0.29, 0.717) is 5.56 Å². The van der Waals surface area contributed by atoms with E-state index in [9.17, 15) is 10.4 Å². The highest BCUT2D eigenvalue weighted by molar-refractivity contribution is 9.10. The van der Waals surface area contributed by atoms with E-state index in [0.717, 1.165) is 34.3 Å². The molecule has 1 N–H and O–H groups in total. The van der Waals surface area contributed by atoms with Gasteiger partial charge in [-0.3, -0.25) is 0 Å². The number of nitrogens with zero attached hydrogens (tertiary/aromatic N) is 2. The van der Waals surface area contributed by atoms with E-state index in [2.05, 4.69) is 35.8 Å². The molecule has 1 unspecified atom stereocenters. The zero-order valence-electron chi connectivity index (χ0n) is 12.1. The van der Waals surface area contributed by atoms with Crippen molar-refractivity contribution in [2.75, 3.05) is 0 Å². The third-order valence-electron chi connectivity index (χ3n) is 4.12. The van der Waals surface area contributed by atoms with Crippen molar-refractivity contribution in [3.05, 3.63) is 51.8 Å². The van der Waals surface area contributed by atoms with Crippen LogP contribution in [0.2, 0.25) is 0 Å². The first-order valence-corrected chi connectivity index (χ1v) is 7.79. The van der Waals surface area contributed by atoms with Crippen LogP contribution in [0.5, 0.6) is 0 Å². The van der Waals surface area contributed by atoms with Gasteiger partial charge < -0.3 is 9.67 Å². The molecule has 1 aliphatic carbocycles. The van der Waals surface area contributed by atoms with E-state index in [1.165, 1.54) is 0 Å². The summed E-state index contributed by atoms with van der Waals surface area (Å²) in [6.07, 6.45) is 3.20. The molecule has 3 rings (SSSR count). The lowest BCUT2D eigenvalue weighted by Crippen LogP contribution is -2.26. The average molecular weight is 345 g/mol. The molecule has 3 nitrogen and oxygen atoms in total. The van der Waals surface area contributed by atoms with Gasteiger partial charge in [0, 0.05) is 21.9 Å². The Morgan fingerprint density at radius 1 is 1.38 bits per heavy atom. The highest BCUT2D eigenvalue weighted by Crippen LogP contribution is 2.42. The molecule has 108 valence electrons. The van der Waals surface area contributed by atoms with E-state index in [-0.39, 0.29) is 5.41 Å². The first-order chi connectivity index (χ1) is 9.91. The van der Waals surface area contributed by atoms with Gasteiger partial charge in [0.05, 0.1) is 17.4 Å². The van der Waals surface area contributed by atoms with E-state index in [1.54, 1.807) is 0 Å². The maximum Gasteiger partial charge on any atom is 0.101 e. The summed E-state index contributed by atoms with van der Waals surface area (Å²) in [7, 11) is 0. The highest BCUT2D eigenvalue weighted by atomic mass is 79.9. The minimum absolute atomic E-state index is 0.0602. The normalized spacial score (nSPS) is 19.9. The smallest absolute Gasteiger partial charge is 0.101 e. The first-order valence-electron chi connectivity index (χ1n) is 6.99. The van der Waals surface area contributed by atoms with Gasteiger partial charge in [-0.25, -0.2) is 0 Å². The summed E-state index contributed by atoms with van der Waals surface area (Å²) in [5, 5.41) is 19.7. The van der Waals surface area contributed by atoms with Crippen LogP contribution in [0, 0.1) is 16.7 Å². The lowest BCUT2D eigenvalue weighted by atomic mass is 9.75. The zero-order valence-corrected chi connectivity index (χ0v) is 13.7. The van der Waals surface area contributed by atoms with Gasteiger partial charge in [-0.2, -0.15) is 5.26 Å². The maximum atomic E-state index is 10.3. The van der Waals surface area contributed by atoms with E-state index < -0.39 is 6.10 Å². The fourth-order valence-corrected chi connectivity index (χ4v) is 3.52. The Labute approximate surface area is 133 Å². The fourth-order valence-electron chi connectivity index (χ4n) is 3.16. The first kappa shape index (κ1) is 14.4. The number of fused-ring (bicyclic) bond motifs is 1. The number of aliphatic hydroxyl groups excluding tert-OH is 1. The lowest BCUT2D eigenvalue weighted by molar-refractivity contribution is 0.0987. The Kier molecular flexibility index (Phi) is 3.43. The molecule has 1 aliphatic rings. The van der Waals surface area contributed by atoms with Gasteiger partial charge >= 0.3 is 0 Å². The quantitative estimate of drug-likeness (QED) is 0.845. The minimum Gasteiger partial charge on any atom is -0.388 e. The Morgan fingerprint density at radius 3 is 2.86 bits per heavy atom. The number of benzene rings is 1. The van der Waals surface area contributed by atoms with E-state index >= 15 is 0 Å². The second kappa shape index (κ2) is 5.01. The van der Waals surface area contributed by atoms with Crippen molar-refractivity contribution in [3.8, 4) is 11.8 Å². The molecule has 1 aromatic carbocycles. The number of halogens is 1. The fraction of sp³-hybridized carbons (Fsp3) is 0.353. The Hall–Kier alpha value is -1.57. The van der Waals surface area contributed by atoms with Gasteiger partial charge in [0.25, 0.3) is 0 Å². The van der Waals surface area contributed by atoms with Gasteiger partial charge in [0.2, 0.25) is 0 Å². The second-order valence-corrected chi connectivity index (χ2v) is 7.34. The highest BCUT2D eigenvalue weighted by Gasteiger charge is 2.33. The van der Waals surface area contributed by atoms with Gasteiger partial charge in [0.1, 0.15) is 6.07 Å². The van der Waals surface area contributed by atoms with Crippen molar-refractivity contribution < 1.29 is 5.11 Å². The second-order valence-electron chi connectivity index (χ2n) is 6.42. The standard InChI is InChI=1S/C17H17BrN2O/c1-17(2)8-15-13(16(21)9-17)5-6-20(15)14-4-3-12(18)7-11(14)10-19/h3-7,16,21H,8-9H2,1-2H3. The molecule has 0 bridgehead atoms. The molecule has 4 heteroatoms. The van der Waals surface area contributed by atoms with Crippen LogP contribution in [-0.2, 0) is 6.42 Å². The molecule has 0 radical (unpaired) electrons. The lowest BCUT2D eigenvalue weighted by Gasteiger charge is -2.34. The Morgan fingerprint density at radius 2 is 2.14 bits per heavy atom. The number of aromatic nitrogens is 1. The number of hydrogen-bond donors (Lipinski definition) is 1. The topological polar surface area (TPSA) is 49.0 Å². The maximum absolute atomic E-state index is 10.3. The molecule has 2 aromatic rings. The van der Waals surface area contributed by atoms with Gasteiger partial charge in [-0.1, -0.05) is 29.8 Å². The summed E-state index contributed by atoms with van der Waals surface area (Å²) in [4.78, 5) is 0. The van der Waals surface area contributed by atoms with Gasteiger partial charge in [-0.05, 0) is 42.5 Å². The van der Waals surface area contributed by atoms with Crippen LogP contribution < -0.4 is 0 Å². The summed E-state index contributed by atoms with van der Waals surface area (Å²) in [6.45, 7) is 4.34. The number of hydrogen-bond acceptors (Lipinski definition) is 2. The molecular weight excluding hydrogens is 328 g/mol. The Bertz CT molecular complexity index is 740. The van der Waals surface area contributed by atoms with Crippen molar-refractivity contribution in [1.82, 2.24) is 4.57 Å². The third-order valence-corrected chi connectivity index (χ3v) is 4.61. The molecule has 0 amide bonds. The van der Waals surface area contributed by atoms with Crippen LogP contribution in [-0.4, -0.2) is 9.67 Å². The molecule has 1 aromatic heterocycles. The van der Waals surface area contributed by atoms with Crippen LogP contribution in [0.15, 0.2) is 34.9 Å². The number of nitriles is 1. The van der Waals surface area contributed by atoms with Crippen LogP contribution in [0.3, 0.4) is 0 Å². The SMILES string of the molecule is CC1(C)Cc2c(ccn2-c2ccc(Br)cc2C#N)C(O)C1. The molecule has 21 heavy (non-hydrogen) atoms. The largest absolute Gasteiger partial charge is 0.388 e. The Balaban J connectivity index is 2.17. The minimum atomic E-state index is -0.425. The van der Waals surface area contributed by atoms with Crippen molar-refractivity contribution in [2.45, 2.75) is 32.8 Å². The predicted molar refractivity (Wildman–Crippen MR) is 85.2 cm³/mol. The molecule has 1 atom stereocenters. The van der Waals surface area contributed by atoms with Crippen molar-refractivity contribution in [1.29, 1.82) is 5.26 Å². The summed E-state index contributed by atoms with van der Waals surface area (Å²) in [5.74, 6) is 0. The van der Waals surface area contributed by atoms with Crippen LogP contribution in [0.25, 0.3) is 5.69 Å². The van der Waals surface area contributed by atoms with E-state index in [4.69, 9.17) is 0 Å².